The predicted octanol–water partition coefficient (Wildman–Crippen LogP) is 1.06. The van der Waals surface area contributed by atoms with Crippen molar-refractivity contribution in [2.75, 3.05) is 24.7 Å². The van der Waals surface area contributed by atoms with Gasteiger partial charge in [-0.15, -0.1) is 11.3 Å². The maximum Gasteiger partial charge on any atom is 0.408 e. The lowest BCUT2D eigenvalue weighted by atomic mass is 10.2. The Morgan fingerprint density at radius 3 is 2.72 bits per heavy atom. The summed E-state index contributed by atoms with van der Waals surface area (Å²) >= 11 is 0.943. The average molecular weight is 372 g/mol. The van der Waals surface area contributed by atoms with Crippen LogP contribution in [0.25, 0.3) is 0 Å². The maximum atomic E-state index is 12.2. The van der Waals surface area contributed by atoms with Gasteiger partial charge in [0.1, 0.15) is 16.2 Å². The zero-order chi connectivity index (χ0) is 18.8. The quantitative estimate of drug-likeness (QED) is 0.705. The van der Waals surface area contributed by atoms with Crippen LogP contribution in [0.3, 0.4) is 0 Å². The lowest BCUT2D eigenvalue weighted by Crippen LogP contribution is -2.51. The van der Waals surface area contributed by atoms with E-state index in [-0.39, 0.29) is 29.5 Å². The van der Waals surface area contributed by atoms with Gasteiger partial charge in [-0.05, 0) is 20.8 Å². The van der Waals surface area contributed by atoms with Crippen LogP contribution in [0.1, 0.15) is 30.4 Å². The van der Waals surface area contributed by atoms with E-state index in [0.717, 1.165) is 11.3 Å². The van der Waals surface area contributed by atoms with E-state index in [9.17, 15) is 24.6 Å². The molecule has 2 rings (SSSR count). The molecule has 9 nitrogen and oxygen atoms in total. The number of aliphatic hydroxyl groups is 1. The third-order valence-corrected chi connectivity index (χ3v) is 4.13. The van der Waals surface area contributed by atoms with Crippen molar-refractivity contribution in [2.24, 2.45) is 0 Å². The molecule has 0 saturated heterocycles. The first-order valence-corrected chi connectivity index (χ1v) is 8.38. The summed E-state index contributed by atoms with van der Waals surface area (Å²) in [7, 11) is 0. The molecule has 25 heavy (non-hydrogen) atoms. The van der Waals surface area contributed by atoms with Gasteiger partial charge in [0.15, 0.2) is 12.4 Å². The van der Waals surface area contributed by atoms with Gasteiger partial charge in [-0.1, -0.05) is 0 Å². The fourth-order valence-corrected chi connectivity index (χ4v) is 3.05. The average Bonchev–Trinajstić information content (AvgIpc) is 2.91. The zero-order valence-electron chi connectivity index (χ0n) is 14.1. The van der Waals surface area contributed by atoms with Crippen molar-refractivity contribution in [2.45, 2.75) is 32.4 Å². The molecule has 0 unspecified atom stereocenters. The molecule has 1 aromatic rings. The van der Waals surface area contributed by atoms with Crippen LogP contribution in [0.5, 0.6) is 5.75 Å². The number of ether oxygens (including phenoxy) is 2. The molecule has 3 N–H and O–H groups in total. The first-order valence-electron chi connectivity index (χ1n) is 7.50. The van der Waals surface area contributed by atoms with Gasteiger partial charge in [0.05, 0.1) is 12.6 Å². The topological polar surface area (TPSA) is 125 Å². The lowest BCUT2D eigenvalue weighted by Gasteiger charge is -2.31. The molecule has 0 aliphatic carbocycles. The Morgan fingerprint density at radius 2 is 2.16 bits per heavy atom. The Balaban J connectivity index is 2.18. The third-order valence-electron chi connectivity index (χ3n) is 3.19. The number of aliphatic hydroxyl groups excluding tert-OH is 1. The Hall–Kier alpha value is -2.33. The molecular weight excluding hydrogens is 352 g/mol. The lowest BCUT2D eigenvalue weighted by molar-refractivity contribution is -0.121. The number of rotatable bonds is 5. The molecule has 1 aliphatic rings. The van der Waals surface area contributed by atoms with Crippen molar-refractivity contribution < 1.29 is 34.1 Å². The van der Waals surface area contributed by atoms with Gasteiger partial charge in [0.2, 0.25) is 0 Å². The van der Waals surface area contributed by atoms with E-state index in [1.165, 1.54) is 10.3 Å². The number of carbonyl (C=O) groups excluding carboxylic acids is 2. The Kier molecular flexibility index (Phi) is 5.53. The Morgan fingerprint density at radius 1 is 1.48 bits per heavy atom. The third kappa shape index (κ3) is 4.60. The number of fused-ring (bicyclic) bond motifs is 1. The molecule has 2 heterocycles. The number of amides is 2. The van der Waals surface area contributed by atoms with E-state index in [1.54, 1.807) is 20.8 Å². The second kappa shape index (κ2) is 7.28. The van der Waals surface area contributed by atoms with Crippen molar-refractivity contribution in [3.05, 3.63) is 10.3 Å². The summed E-state index contributed by atoms with van der Waals surface area (Å²) in [6.07, 6.45) is -0.740. The van der Waals surface area contributed by atoms with Crippen LogP contribution in [-0.2, 0) is 9.53 Å². The molecule has 0 radical (unpaired) electrons. The van der Waals surface area contributed by atoms with Gasteiger partial charge in [0, 0.05) is 11.9 Å². The van der Waals surface area contributed by atoms with E-state index < -0.39 is 36.2 Å². The number of thiophene rings is 1. The minimum atomic E-state index is -1.19. The van der Waals surface area contributed by atoms with Crippen LogP contribution in [0.15, 0.2) is 5.38 Å². The number of anilines is 1. The minimum Gasteiger partial charge on any atom is -0.481 e. The van der Waals surface area contributed by atoms with E-state index in [0.29, 0.717) is 0 Å². The largest absolute Gasteiger partial charge is 0.481 e. The van der Waals surface area contributed by atoms with Gasteiger partial charge in [-0.3, -0.25) is 4.79 Å². The molecule has 0 aromatic carbocycles. The molecular formula is C15H20N2O7S. The van der Waals surface area contributed by atoms with E-state index in [4.69, 9.17) is 9.47 Å². The second-order valence-corrected chi connectivity index (χ2v) is 7.28. The van der Waals surface area contributed by atoms with Crippen molar-refractivity contribution in [3.8, 4) is 5.75 Å². The molecule has 10 heteroatoms. The van der Waals surface area contributed by atoms with Crippen LogP contribution in [0, 0.1) is 0 Å². The van der Waals surface area contributed by atoms with Crippen LogP contribution >= 0.6 is 11.3 Å². The molecule has 1 aromatic heterocycles. The fraction of sp³-hybridized carbons (Fsp3) is 0.533. The number of carboxylic acid groups (broad SMARTS) is 1. The molecule has 2 amide bonds. The number of alkyl carbamates (subject to hydrolysis) is 1. The van der Waals surface area contributed by atoms with Crippen molar-refractivity contribution in [1.82, 2.24) is 5.32 Å². The summed E-state index contributed by atoms with van der Waals surface area (Å²) in [4.78, 5) is 36.6. The number of carbonyl (C=O) groups is 3. The number of hydrogen-bond donors (Lipinski definition) is 3. The highest BCUT2D eigenvalue weighted by Crippen LogP contribution is 2.40. The van der Waals surface area contributed by atoms with Crippen LogP contribution in [-0.4, -0.2) is 59.6 Å². The van der Waals surface area contributed by atoms with Gasteiger partial charge in [0.25, 0.3) is 5.91 Å². The van der Waals surface area contributed by atoms with Gasteiger partial charge >= 0.3 is 12.1 Å². The highest BCUT2D eigenvalue weighted by Gasteiger charge is 2.34. The Bertz CT molecular complexity index is 680. The van der Waals surface area contributed by atoms with Crippen molar-refractivity contribution in [3.63, 3.8) is 0 Å². The summed E-state index contributed by atoms with van der Waals surface area (Å²) in [5.41, 5.74) is -0.575. The standard InChI is InChI=1S/C15H20N2O7S/c1-15(2,3)24-14(22)16-8(5-18)4-17-10(19)6-23-9-7-25-12(11(9)17)13(20)21/h7-8,18H,4-6H2,1-3H3,(H,16,22)(H,20,21)/t8-/m0/s1. The number of nitrogens with zero attached hydrogens (tertiary/aromatic N) is 1. The number of hydrogen-bond acceptors (Lipinski definition) is 7. The van der Waals surface area contributed by atoms with Gasteiger partial charge in [-0.2, -0.15) is 0 Å². The maximum absolute atomic E-state index is 12.2. The van der Waals surface area contributed by atoms with E-state index in [2.05, 4.69) is 5.32 Å². The van der Waals surface area contributed by atoms with Gasteiger partial charge in [-0.25, -0.2) is 9.59 Å². The molecule has 0 bridgehead atoms. The smallest absolute Gasteiger partial charge is 0.408 e. The van der Waals surface area contributed by atoms with Crippen LogP contribution < -0.4 is 15.0 Å². The van der Waals surface area contributed by atoms with E-state index >= 15 is 0 Å². The fourth-order valence-electron chi connectivity index (χ4n) is 2.22. The highest BCUT2D eigenvalue weighted by atomic mass is 32.1. The number of nitrogens with one attached hydrogen (secondary N) is 1. The molecule has 0 fully saturated rings. The molecule has 0 saturated carbocycles. The summed E-state index contributed by atoms with van der Waals surface area (Å²) in [6, 6.07) is -0.828. The van der Waals surface area contributed by atoms with Crippen LogP contribution in [0.2, 0.25) is 0 Å². The molecule has 0 spiro atoms. The monoisotopic (exact) mass is 372 g/mol. The highest BCUT2D eigenvalue weighted by molar-refractivity contribution is 7.13. The first kappa shape index (κ1) is 19.0. The normalized spacial score (nSPS) is 15.2. The minimum absolute atomic E-state index is 0.0444. The summed E-state index contributed by atoms with van der Waals surface area (Å²) in [5.74, 6) is -1.36. The second-order valence-electron chi connectivity index (χ2n) is 6.40. The zero-order valence-corrected chi connectivity index (χ0v) is 14.9. The number of carboxylic acids is 1. The molecule has 1 atom stereocenters. The SMILES string of the molecule is CC(C)(C)OC(=O)N[C@H](CO)CN1C(=O)COc2csc(C(=O)O)c21. The van der Waals surface area contributed by atoms with Crippen molar-refractivity contribution >= 4 is 35.0 Å². The number of aromatic carboxylic acids is 1. The van der Waals surface area contributed by atoms with Gasteiger partial charge < -0.3 is 29.9 Å². The Labute approximate surface area is 148 Å². The molecule has 138 valence electrons. The summed E-state index contributed by atoms with van der Waals surface area (Å²) in [6.45, 7) is 4.29. The first-order chi connectivity index (χ1) is 11.6. The summed E-state index contributed by atoms with van der Waals surface area (Å²) < 4.78 is 10.4. The van der Waals surface area contributed by atoms with Crippen LogP contribution in [0.4, 0.5) is 10.5 Å². The summed E-state index contributed by atoms with van der Waals surface area (Å²) in [5, 5.41) is 22.8. The van der Waals surface area contributed by atoms with Crippen molar-refractivity contribution in [1.29, 1.82) is 0 Å². The molecule has 1 aliphatic heterocycles. The van der Waals surface area contributed by atoms with E-state index in [1.807, 2.05) is 0 Å². The predicted molar refractivity (Wildman–Crippen MR) is 89.4 cm³/mol.